The highest BCUT2D eigenvalue weighted by Crippen LogP contribution is 2.50. The minimum atomic E-state index is -0.258. The summed E-state index contributed by atoms with van der Waals surface area (Å²) in [6.45, 7) is 6.45. The number of urea groups is 1. The SMILES string of the molecule is COc1cc(CN2CC3(CN(C(=O)NC(C)C)C3)c3c(n(C)c4cc(OC)ccc34)[C@H]2CO)cc(OC)c1. The Balaban J connectivity index is 1.60. The van der Waals surface area contributed by atoms with Crippen molar-refractivity contribution >= 4 is 16.9 Å². The van der Waals surface area contributed by atoms with Crippen LogP contribution in [0.3, 0.4) is 0 Å². The van der Waals surface area contributed by atoms with Crippen LogP contribution < -0.4 is 19.5 Å². The average Bonchev–Trinajstić information content (AvgIpc) is 3.18. The number of methoxy groups -OCH3 is 3. The third-order valence-electron chi connectivity index (χ3n) is 7.90. The van der Waals surface area contributed by atoms with Crippen LogP contribution in [-0.2, 0) is 19.0 Å². The van der Waals surface area contributed by atoms with Gasteiger partial charge in [-0.3, -0.25) is 4.90 Å². The molecule has 0 bridgehead atoms. The predicted octanol–water partition coefficient (Wildman–Crippen LogP) is 3.42. The first kappa shape index (κ1) is 26.2. The minimum absolute atomic E-state index is 0.0248. The first-order valence-corrected chi connectivity index (χ1v) is 13.0. The lowest BCUT2D eigenvalue weighted by Gasteiger charge is -2.56. The number of carbonyl (C=O) groups is 1. The molecule has 1 saturated heterocycles. The molecule has 9 nitrogen and oxygen atoms in total. The number of carbonyl (C=O) groups excluding carboxylic acids is 1. The van der Waals surface area contributed by atoms with Crippen molar-refractivity contribution in [3.63, 3.8) is 0 Å². The Morgan fingerprint density at radius 2 is 1.68 bits per heavy atom. The van der Waals surface area contributed by atoms with Crippen molar-refractivity contribution in [3.05, 3.63) is 53.2 Å². The van der Waals surface area contributed by atoms with Crippen molar-refractivity contribution in [2.45, 2.75) is 37.9 Å². The number of aryl methyl sites for hydroxylation is 1. The van der Waals surface area contributed by atoms with Crippen LogP contribution in [0.5, 0.6) is 17.2 Å². The molecule has 5 rings (SSSR count). The van der Waals surface area contributed by atoms with Gasteiger partial charge in [0.1, 0.15) is 17.2 Å². The lowest BCUT2D eigenvalue weighted by atomic mass is 9.68. The Hall–Kier alpha value is -3.43. The Morgan fingerprint density at radius 1 is 1.03 bits per heavy atom. The van der Waals surface area contributed by atoms with Crippen molar-refractivity contribution in [1.82, 2.24) is 19.7 Å². The summed E-state index contributed by atoms with van der Waals surface area (Å²) in [5, 5.41) is 14.9. The fourth-order valence-electron chi connectivity index (χ4n) is 6.25. The molecular formula is C29H38N4O5. The van der Waals surface area contributed by atoms with Crippen LogP contribution in [0, 0.1) is 0 Å². The predicted molar refractivity (Wildman–Crippen MR) is 146 cm³/mol. The van der Waals surface area contributed by atoms with Crippen LogP contribution in [0.1, 0.15) is 36.7 Å². The third kappa shape index (κ3) is 4.33. The van der Waals surface area contributed by atoms with Crippen LogP contribution in [0.4, 0.5) is 4.79 Å². The average molecular weight is 523 g/mol. The van der Waals surface area contributed by atoms with E-state index in [1.54, 1.807) is 21.3 Å². The smallest absolute Gasteiger partial charge is 0.317 e. The molecule has 0 saturated carbocycles. The van der Waals surface area contributed by atoms with Gasteiger partial charge in [-0.1, -0.05) is 0 Å². The summed E-state index contributed by atoms with van der Waals surface area (Å²) in [5.74, 6) is 2.24. The molecule has 2 N–H and O–H groups in total. The first-order valence-electron chi connectivity index (χ1n) is 13.0. The number of hydrogen-bond donors (Lipinski definition) is 2. The van der Waals surface area contributed by atoms with Gasteiger partial charge in [0, 0.05) is 67.9 Å². The zero-order valence-corrected chi connectivity index (χ0v) is 23.1. The summed E-state index contributed by atoms with van der Waals surface area (Å²) >= 11 is 0. The molecule has 3 heterocycles. The Kier molecular flexibility index (Phi) is 6.92. The number of nitrogens with one attached hydrogen (secondary N) is 1. The standard InChI is InChI=1S/C29H38N4O5/c1-18(2)30-28(35)33-16-29(17-33)15-32(13-19-9-21(37-5)11-22(10-19)38-6)25(14-34)27-26(29)23-8-7-20(36-4)12-24(23)31(27)3/h7-12,18,25,34H,13-17H2,1-6H3,(H,30,35)/t25-/m1/s1. The molecule has 9 heteroatoms. The Bertz CT molecular complexity index is 1320. The molecule has 2 aliphatic rings. The molecular weight excluding hydrogens is 484 g/mol. The van der Waals surface area contributed by atoms with Crippen molar-refractivity contribution in [3.8, 4) is 17.2 Å². The summed E-state index contributed by atoms with van der Waals surface area (Å²) in [5.41, 5.74) is 4.15. The number of aliphatic hydroxyl groups is 1. The van der Waals surface area contributed by atoms with Crippen LogP contribution in [0.15, 0.2) is 36.4 Å². The molecule has 204 valence electrons. The zero-order chi connectivity index (χ0) is 27.2. The van der Waals surface area contributed by atoms with Gasteiger partial charge < -0.3 is 34.1 Å². The number of fused-ring (bicyclic) bond motifs is 4. The van der Waals surface area contributed by atoms with Gasteiger partial charge in [0.25, 0.3) is 0 Å². The number of hydrogen-bond acceptors (Lipinski definition) is 6. The van der Waals surface area contributed by atoms with Crippen molar-refractivity contribution in [2.24, 2.45) is 7.05 Å². The second-order valence-electron chi connectivity index (χ2n) is 10.8. The van der Waals surface area contributed by atoms with Gasteiger partial charge in [-0.25, -0.2) is 4.79 Å². The molecule has 2 amide bonds. The van der Waals surface area contributed by atoms with Gasteiger partial charge in [0.15, 0.2) is 0 Å². The van der Waals surface area contributed by atoms with Crippen LogP contribution in [-0.4, -0.2) is 79.1 Å². The zero-order valence-electron chi connectivity index (χ0n) is 23.1. The number of nitrogens with zero attached hydrogens (tertiary/aromatic N) is 3. The van der Waals surface area contributed by atoms with E-state index in [2.05, 4.69) is 34.0 Å². The summed E-state index contributed by atoms with van der Waals surface area (Å²) in [6.07, 6.45) is 0. The lowest BCUT2D eigenvalue weighted by Crippen LogP contribution is -2.69. The van der Waals surface area contributed by atoms with E-state index in [0.717, 1.165) is 39.4 Å². The van der Waals surface area contributed by atoms with E-state index >= 15 is 0 Å². The highest BCUT2D eigenvalue weighted by molar-refractivity contribution is 5.89. The minimum Gasteiger partial charge on any atom is -0.497 e. The third-order valence-corrected chi connectivity index (χ3v) is 7.90. The molecule has 2 aromatic carbocycles. The number of amides is 2. The maximum Gasteiger partial charge on any atom is 0.317 e. The number of aliphatic hydroxyl groups excluding tert-OH is 1. The monoisotopic (exact) mass is 522 g/mol. The second-order valence-corrected chi connectivity index (χ2v) is 10.8. The summed E-state index contributed by atoms with van der Waals surface area (Å²) in [7, 11) is 7.01. The fourth-order valence-corrected chi connectivity index (χ4v) is 6.25. The van der Waals surface area contributed by atoms with Gasteiger partial charge in [0.05, 0.1) is 39.5 Å². The Morgan fingerprint density at radius 3 is 2.26 bits per heavy atom. The molecule has 2 aliphatic heterocycles. The van der Waals surface area contributed by atoms with Crippen LogP contribution >= 0.6 is 0 Å². The molecule has 1 fully saturated rings. The molecule has 3 aromatic rings. The number of rotatable bonds is 7. The van der Waals surface area contributed by atoms with E-state index in [1.165, 1.54) is 5.56 Å². The molecule has 1 spiro atoms. The summed E-state index contributed by atoms with van der Waals surface area (Å²) in [4.78, 5) is 17.1. The quantitative estimate of drug-likeness (QED) is 0.495. The summed E-state index contributed by atoms with van der Waals surface area (Å²) < 4.78 is 18.7. The highest BCUT2D eigenvalue weighted by atomic mass is 16.5. The molecule has 38 heavy (non-hydrogen) atoms. The lowest BCUT2D eigenvalue weighted by molar-refractivity contribution is 0.00818. The first-order chi connectivity index (χ1) is 18.2. The van der Waals surface area contributed by atoms with E-state index in [4.69, 9.17) is 14.2 Å². The Labute approximate surface area is 223 Å². The molecule has 1 aromatic heterocycles. The number of ether oxygens (including phenoxy) is 3. The van der Waals surface area contributed by atoms with E-state index in [9.17, 15) is 9.90 Å². The van der Waals surface area contributed by atoms with E-state index in [0.29, 0.717) is 26.2 Å². The molecule has 1 atom stereocenters. The number of aromatic nitrogens is 1. The summed E-state index contributed by atoms with van der Waals surface area (Å²) in [6, 6.07) is 11.8. The van der Waals surface area contributed by atoms with E-state index < -0.39 is 0 Å². The maximum atomic E-state index is 12.9. The highest BCUT2D eigenvalue weighted by Gasteiger charge is 2.54. The van der Waals surface area contributed by atoms with Crippen molar-refractivity contribution in [1.29, 1.82) is 0 Å². The van der Waals surface area contributed by atoms with E-state index in [1.807, 2.05) is 43.0 Å². The van der Waals surface area contributed by atoms with Crippen LogP contribution in [0.2, 0.25) is 0 Å². The second kappa shape index (κ2) is 10.0. The van der Waals surface area contributed by atoms with E-state index in [-0.39, 0.29) is 30.1 Å². The van der Waals surface area contributed by atoms with Gasteiger partial charge in [0.2, 0.25) is 0 Å². The largest absolute Gasteiger partial charge is 0.497 e. The maximum absolute atomic E-state index is 12.9. The normalized spacial score (nSPS) is 18.4. The molecule has 0 unspecified atom stereocenters. The van der Waals surface area contributed by atoms with Gasteiger partial charge in [-0.15, -0.1) is 0 Å². The van der Waals surface area contributed by atoms with Crippen molar-refractivity contribution < 1.29 is 24.1 Å². The van der Waals surface area contributed by atoms with Crippen LogP contribution in [0.25, 0.3) is 10.9 Å². The van der Waals surface area contributed by atoms with Gasteiger partial charge >= 0.3 is 6.03 Å². The van der Waals surface area contributed by atoms with Gasteiger partial charge in [-0.2, -0.15) is 0 Å². The number of likely N-dealkylation sites (tertiary alicyclic amines) is 1. The number of benzene rings is 2. The van der Waals surface area contributed by atoms with Crippen molar-refractivity contribution in [2.75, 3.05) is 47.6 Å². The van der Waals surface area contributed by atoms with Gasteiger partial charge in [-0.05, 0) is 49.2 Å². The molecule has 0 aliphatic carbocycles. The molecule has 0 radical (unpaired) electrons. The topological polar surface area (TPSA) is 88.4 Å². The fraction of sp³-hybridized carbons (Fsp3) is 0.483.